The monoisotopic (exact) mass is 299 g/mol. The first-order valence-corrected chi connectivity index (χ1v) is 8.04. The molecule has 0 aromatic heterocycles. The van der Waals surface area contributed by atoms with Crippen molar-refractivity contribution >= 4 is 17.7 Å². The van der Waals surface area contributed by atoms with E-state index in [0.717, 1.165) is 16.0 Å². The smallest absolute Gasteiger partial charge is 0.252 e. The van der Waals surface area contributed by atoms with Crippen LogP contribution in [-0.2, 0) is 6.54 Å². The molecule has 2 aromatic rings. The van der Waals surface area contributed by atoms with E-state index in [0.29, 0.717) is 11.8 Å². The molecule has 0 unspecified atom stereocenters. The number of aryl methyl sites for hydroxylation is 1. The molecule has 0 heterocycles. The third-order valence-corrected chi connectivity index (χ3v) is 4.28. The molecule has 1 amide bonds. The zero-order chi connectivity index (χ0) is 15.2. The fraction of sp³-hybridized carbons (Fsp3) is 0.278. The summed E-state index contributed by atoms with van der Waals surface area (Å²) in [7, 11) is 0. The molecule has 0 aliphatic rings. The van der Waals surface area contributed by atoms with Crippen molar-refractivity contribution in [3.63, 3.8) is 0 Å². The van der Waals surface area contributed by atoms with Gasteiger partial charge in [0.25, 0.3) is 5.91 Å². The van der Waals surface area contributed by atoms with Crippen LogP contribution in [0.25, 0.3) is 0 Å². The molecule has 0 saturated carbocycles. The summed E-state index contributed by atoms with van der Waals surface area (Å²) >= 11 is 1.72. The number of benzene rings is 2. The van der Waals surface area contributed by atoms with Gasteiger partial charge in [-0.25, -0.2) is 0 Å². The number of carbonyl (C=O) groups excluding carboxylic acids is 1. The highest BCUT2D eigenvalue weighted by Crippen LogP contribution is 2.26. The van der Waals surface area contributed by atoms with Gasteiger partial charge in [-0.1, -0.05) is 50.2 Å². The fourth-order valence-electron chi connectivity index (χ4n) is 2.09. The Labute approximate surface area is 131 Å². The molecule has 110 valence electrons. The van der Waals surface area contributed by atoms with Crippen molar-refractivity contribution in [2.24, 2.45) is 0 Å². The first-order valence-electron chi connectivity index (χ1n) is 7.16. The topological polar surface area (TPSA) is 29.1 Å². The van der Waals surface area contributed by atoms with E-state index in [1.807, 2.05) is 42.5 Å². The molecule has 1 N–H and O–H groups in total. The summed E-state index contributed by atoms with van der Waals surface area (Å²) in [6.45, 7) is 6.88. The molecule has 3 heteroatoms. The van der Waals surface area contributed by atoms with Crippen LogP contribution in [0.15, 0.2) is 53.4 Å². The summed E-state index contributed by atoms with van der Waals surface area (Å²) < 4.78 is 0. The third-order valence-electron chi connectivity index (χ3n) is 3.20. The first kappa shape index (κ1) is 15.6. The van der Waals surface area contributed by atoms with Crippen molar-refractivity contribution in [2.75, 3.05) is 0 Å². The Balaban J connectivity index is 2.09. The minimum absolute atomic E-state index is 0.0120. The van der Waals surface area contributed by atoms with E-state index in [9.17, 15) is 4.79 Å². The predicted octanol–water partition coefficient (Wildman–Crippen LogP) is 4.43. The lowest BCUT2D eigenvalue weighted by atomic mass is 10.1. The number of carbonyl (C=O) groups is 1. The van der Waals surface area contributed by atoms with Crippen LogP contribution in [0.3, 0.4) is 0 Å². The maximum atomic E-state index is 12.4. The second-order valence-corrected chi connectivity index (χ2v) is 6.89. The van der Waals surface area contributed by atoms with Crippen LogP contribution in [0.1, 0.15) is 35.3 Å². The highest BCUT2D eigenvalue weighted by molar-refractivity contribution is 8.00. The first-order chi connectivity index (χ1) is 10.1. The molecule has 2 nitrogen and oxygen atoms in total. The van der Waals surface area contributed by atoms with Gasteiger partial charge in [0.1, 0.15) is 0 Å². The Hall–Kier alpha value is -1.74. The van der Waals surface area contributed by atoms with E-state index in [1.54, 1.807) is 11.8 Å². The van der Waals surface area contributed by atoms with Crippen LogP contribution in [0.5, 0.6) is 0 Å². The lowest BCUT2D eigenvalue weighted by molar-refractivity contribution is 0.0948. The number of hydrogen-bond acceptors (Lipinski definition) is 2. The molecule has 0 spiro atoms. The predicted molar refractivity (Wildman–Crippen MR) is 89.8 cm³/mol. The summed E-state index contributed by atoms with van der Waals surface area (Å²) in [6, 6.07) is 15.9. The largest absolute Gasteiger partial charge is 0.348 e. The normalized spacial score (nSPS) is 10.7. The molecule has 0 saturated heterocycles. The summed E-state index contributed by atoms with van der Waals surface area (Å²) in [5, 5.41) is 3.47. The van der Waals surface area contributed by atoms with E-state index in [2.05, 4.69) is 32.2 Å². The van der Waals surface area contributed by atoms with Crippen LogP contribution in [-0.4, -0.2) is 11.2 Å². The molecular formula is C18H21NOS. The highest BCUT2D eigenvalue weighted by atomic mass is 32.2. The number of hydrogen-bond donors (Lipinski definition) is 1. The zero-order valence-electron chi connectivity index (χ0n) is 12.7. The van der Waals surface area contributed by atoms with Crippen molar-refractivity contribution in [3.8, 4) is 0 Å². The maximum absolute atomic E-state index is 12.4. The molecule has 2 aromatic carbocycles. The van der Waals surface area contributed by atoms with Gasteiger partial charge in [-0.15, -0.1) is 11.8 Å². The highest BCUT2D eigenvalue weighted by Gasteiger charge is 2.12. The van der Waals surface area contributed by atoms with Gasteiger partial charge < -0.3 is 5.32 Å². The van der Waals surface area contributed by atoms with E-state index in [-0.39, 0.29) is 5.91 Å². The van der Waals surface area contributed by atoms with Crippen molar-refractivity contribution < 1.29 is 4.79 Å². The second kappa shape index (κ2) is 7.32. The van der Waals surface area contributed by atoms with Gasteiger partial charge >= 0.3 is 0 Å². The number of amides is 1. The van der Waals surface area contributed by atoms with Crippen molar-refractivity contribution in [3.05, 3.63) is 65.2 Å². The van der Waals surface area contributed by atoms with Crippen molar-refractivity contribution in [2.45, 2.75) is 37.5 Å². The van der Waals surface area contributed by atoms with E-state index >= 15 is 0 Å². The summed E-state index contributed by atoms with van der Waals surface area (Å²) in [6.07, 6.45) is 0. The summed E-state index contributed by atoms with van der Waals surface area (Å²) in [5.74, 6) is -0.0120. The molecule has 0 radical (unpaired) electrons. The Morgan fingerprint density at radius 1 is 1.10 bits per heavy atom. The van der Waals surface area contributed by atoms with Gasteiger partial charge in [0.05, 0.1) is 5.56 Å². The van der Waals surface area contributed by atoms with Crippen molar-refractivity contribution in [1.82, 2.24) is 5.32 Å². The number of nitrogens with one attached hydrogen (secondary N) is 1. The Morgan fingerprint density at radius 2 is 1.76 bits per heavy atom. The molecule has 21 heavy (non-hydrogen) atoms. The Kier molecular flexibility index (Phi) is 5.45. The molecule has 0 aliphatic carbocycles. The van der Waals surface area contributed by atoms with Gasteiger partial charge in [-0.3, -0.25) is 4.79 Å². The second-order valence-electron chi connectivity index (χ2n) is 5.27. The third kappa shape index (κ3) is 4.36. The van der Waals surface area contributed by atoms with Crippen LogP contribution in [0, 0.1) is 6.92 Å². The summed E-state index contributed by atoms with van der Waals surface area (Å²) in [4.78, 5) is 13.4. The van der Waals surface area contributed by atoms with Gasteiger partial charge in [0.15, 0.2) is 0 Å². The molecular weight excluding hydrogens is 278 g/mol. The quantitative estimate of drug-likeness (QED) is 0.828. The van der Waals surface area contributed by atoms with Crippen LogP contribution < -0.4 is 5.32 Å². The van der Waals surface area contributed by atoms with Crippen LogP contribution in [0.2, 0.25) is 0 Å². The molecule has 0 bridgehead atoms. The molecule has 0 fully saturated rings. The zero-order valence-corrected chi connectivity index (χ0v) is 13.5. The Morgan fingerprint density at radius 3 is 2.48 bits per heavy atom. The van der Waals surface area contributed by atoms with E-state index in [1.165, 1.54) is 5.56 Å². The Bertz CT molecular complexity index is 622. The average molecular weight is 299 g/mol. The summed E-state index contributed by atoms with van der Waals surface area (Å²) in [5.41, 5.74) is 3.10. The minimum Gasteiger partial charge on any atom is -0.348 e. The van der Waals surface area contributed by atoms with Crippen molar-refractivity contribution in [1.29, 1.82) is 0 Å². The molecule has 0 aliphatic heterocycles. The minimum atomic E-state index is -0.0120. The maximum Gasteiger partial charge on any atom is 0.252 e. The standard InChI is InChI=1S/C18H21NOS/c1-13(2)21-17-11-7-6-10-16(17)18(20)19-12-15-9-5-4-8-14(15)3/h4-11,13H,12H2,1-3H3,(H,19,20). The lowest BCUT2D eigenvalue weighted by Crippen LogP contribution is -2.23. The van der Waals surface area contributed by atoms with Gasteiger partial charge in [-0.2, -0.15) is 0 Å². The van der Waals surface area contributed by atoms with E-state index in [4.69, 9.17) is 0 Å². The molecule has 0 atom stereocenters. The number of thioether (sulfide) groups is 1. The van der Waals surface area contributed by atoms with Crippen LogP contribution in [0.4, 0.5) is 0 Å². The average Bonchev–Trinajstić information content (AvgIpc) is 2.46. The van der Waals surface area contributed by atoms with Gasteiger partial charge in [-0.05, 0) is 30.2 Å². The SMILES string of the molecule is Cc1ccccc1CNC(=O)c1ccccc1SC(C)C. The van der Waals surface area contributed by atoms with Crippen LogP contribution >= 0.6 is 11.8 Å². The fourth-order valence-corrected chi connectivity index (χ4v) is 3.04. The van der Waals surface area contributed by atoms with Gasteiger partial charge in [0, 0.05) is 16.7 Å². The lowest BCUT2D eigenvalue weighted by Gasteiger charge is -2.12. The van der Waals surface area contributed by atoms with Gasteiger partial charge in [0.2, 0.25) is 0 Å². The molecule has 2 rings (SSSR count). The number of rotatable bonds is 5. The van der Waals surface area contributed by atoms with E-state index < -0.39 is 0 Å².